The van der Waals surface area contributed by atoms with E-state index in [1.807, 2.05) is 16.4 Å². The molecule has 0 bridgehead atoms. The second-order valence-corrected chi connectivity index (χ2v) is 10.7. The van der Waals surface area contributed by atoms with Gasteiger partial charge in [0, 0.05) is 0 Å². The van der Waals surface area contributed by atoms with Gasteiger partial charge >= 0.3 is 0 Å². The molecule has 2 rings (SSSR count). The molecular weight excluding hydrogens is 226 g/mol. The first-order chi connectivity index (χ1) is 6.95. The summed E-state index contributed by atoms with van der Waals surface area (Å²) in [5.41, 5.74) is 1.18. The third-order valence-electron chi connectivity index (χ3n) is 2.62. The van der Waals surface area contributed by atoms with Crippen LogP contribution in [0, 0.1) is 0 Å². The molecule has 3 nitrogen and oxygen atoms in total. The monoisotopic (exact) mass is 245 g/mol. The molecule has 1 aliphatic carbocycles. The van der Waals surface area contributed by atoms with E-state index in [1.54, 1.807) is 0 Å². The second-order valence-electron chi connectivity index (χ2n) is 5.06. The van der Waals surface area contributed by atoms with E-state index in [9.17, 15) is 0 Å². The van der Waals surface area contributed by atoms with E-state index in [-0.39, 0.29) is 0 Å². The summed E-state index contributed by atoms with van der Waals surface area (Å²) in [7, 11) is -0.542. The molecule has 0 aliphatic heterocycles. The van der Waals surface area contributed by atoms with Crippen LogP contribution in [0.2, 0.25) is 0 Å². The Morgan fingerprint density at radius 1 is 1.47 bits per heavy atom. The molecule has 0 atom stereocenters. The maximum absolute atomic E-state index is 4.31. The average Bonchev–Trinajstić information content (AvgIpc) is 2.80. The zero-order chi connectivity index (χ0) is 11.1. The van der Waals surface area contributed by atoms with Crippen molar-refractivity contribution in [2.75, 3.05) is 25.0 Å². The molecule has 0 amide bonds. The van der Waals surface area contributed by atoms with Gasteiger partial charge in [-0.25, -0.2) is 14.7 Å². The fraction of sp³-hybridized carbons (Fsp3) is 0.800. The highest BCUT2D eigenvalue weighted by Gasteiger charge is 2.46. The van der Waals surface area contributed by atoms with Crippen LogP contribution < -0.4 is 0 Å². The van der Waals surface area contributed by atoms with E-state index in [1.165, 1.54) is 18.5 Å². The van der Waals surface area contributed by atoms with E-state index in [0.717, 1.165) is 5.88 Å². The fourth-order valence-electron chi connectivity index (χ4n) is 1.65. The molecule has 1 fully saturated rings. The minimum absolute atomic E-state index is 0.311. The highest BCUT2D eigenvalue weighted by atomic mass is 32.3. The van der Waals surface area contributed by atoms with E-state index < -0.39 is 10.0 Å². The van der Waals surface area contributed by atoms with Crippen LogP contribution in [-0.2, 0) is 10.6 Å². The molecule has 5 heteroatoms. The van der Waals surface area contributed by atoms with Gasteiger partial charge < -0.3 is 0 Å². The molecule has 0 radical (unpaired) electrons. The van der Waals surface area contributed by atoms with Crippen molar-refractivity contribution in [1.82, 2.24) is 15.0 Å². The smallest absolute Gasteiger partial charge is 0.0987 e. The Balaban J connectivity index is 2.11. The number of hydrogen-bond donors (Lipinski definition) is 0. The molecule has 0 spiro atoms. The van der Waals surface area contributed by atoms with Gasteiger partial charge in [0.15, 0.2) is 0 Å². The van der Waals surface area contributed by atoms with Gasteiger partial charge in [0.2, 0.25) is 0 Å². The largest absolute Gasteiger partial charge is 0.244 e. The van der Waals surface area contributed by atoms with Crippen molar-refractivity contribution in [2.24, 2.45) is 0 Å². The van der Waals surface area contributed by atoms with Gasteiger partial charge in [0.05, 0.1) is 22.5 Å². The van der Waals surface area contributed by atoms with Crippen LogP contribution in [-0.4, -0.2) is 40.0 Å². The number of thioether (sulfide) groups is 1. The highest BCUT2D eigenvalue weighted by molar-refractivity contribution is 8.31. The number of nitrogens with zero attached hydrogens (tertiary/aromatic N) is 3. The quantitative estimate of drug-likeness (QED) is 0.815. The van der Waals surface area contributed by atoms with Crippen LogP contribution >= 0.6 is 21.8 Å². The Bertz CT molecular complexity index is 350. The predicted octanol–water partition coefficient (Wildman–Crippen LogP) is 2.28. The summed E-state index contributed by atoms with van der Waals surface area (Å²) in [6.45, 7) is 0. The van der Waals surface area contributed by atoms with Crippen molar-refractivity contribution in [3.8, 4) is 0 Å². The van der Waals surface area contributed by atoms with Crippen molar-refractivity contribution in [3.63, 3.8) is 0 Å². The summed E-state index contributed by atoms with van der Waals surface area (Å²) in [6, 6.07) is 0. The topological polar surface area (TPSA) is 30.7 Å². The van der Waals surface area contributed by atoms with Crippen molar-refractivity contribution in [1.29, 1.82) is 0 Å². The van der Waals surface area contributed by atoms with Gasteiger partial charge in [-0.3, -0.25) is 0 Å². The molecular formula is C10H19N3S2. The Morgan fingerprint density at radius 2 is 2.13 bits per heavy atom. The van der Waals surface area contributed by atoms with Gasteiger partial charge in [-0.15, -0.1) is 5.10 Å². The molecule has 0 N–H and O–H groups in total. The summed E-state index contributed by atoms with van der Waals surface area (Å²) >= 11 is 1.91. The molecule has 86 valence electrons. The second kappa shape index (κ2) is 3.70. The van der Waals surface area contributed by atoms with Crippen LogP contribution in [0.4, 0.5) is 0 Å². The van der Waals surface area contributed by atoms with Crippen LogP contribution in [0.25, 0.3) is 0 Å². The number of hydrogen-bond acceptors (Lipinski definition) is 3. The first kappa shape index (κ1) is 11.3. The first-order valence-corrected chi connectivity index (χ1v) is 9.32. The van der Waals surface area contributed by atoms with Crippen molar-refractivity contribution < 1.29 is 0 Å². The molecule has 1 aromatic rings. The maximum Gasteiger partial charge on any atom is 0.0987 e. The van der Waals surface area contributed by atoms with E-state index in [4.69, 9.17) is 0 Å². The van der Waals surface area contributed by atoms with Gasteiger partial charge in [0.1, 0.15) is 0 Å². The van der Waals surface area contributed by atoms with Gasteiger partial charge in [-0.1, -0.05) is 5.21 Å². The summed E-state index contributed by atoms with van der Waals surface area (Å²) in [5.74, 6) is 1.02. The van der Waals surface area contributed by atoms with Crippen LogP contribution in [0.15, 0.2) is 6.20 Å². The maximum atomic E-state index is 4.31. The van der Waals surface area contributed by atoms with Crippen molar-refractivity contribution in [3.05, 3.63) is 11.9 Å². The predicted molar refractivity (Wildman–Crippen MR) is 69.8 cm³/mol. The Morgan fingerprint density at radius 3 is 2.60 bits per heavy atom. The lowest BCUT2D eigenvalue weighted by atomic mass is 10.3. The summed E-state index contributed by atoms with van der Waals surface area (Å²) < 4.78 is 2.33. The van der Waals surface area contributed by atoms with E-state index in [0.29, 0.717) is 4.75 Å². The van der Waals surface area contributed by atoms with Gasteiger partial charge in [-0.05, 0) is 37.9 Å². The van der Waals surface area contributed by atoms with Crippen molar-refractivity contribution >= 4 is 21.8 Å². The first-order valence-electron chi connectivity index (χ1n) is 5.07. The molecule has 15 heavy (non-hydrogen) atoms. The Labute approximate surface area is 97.3 Å². The highest BCUT2D eigenvalue weighted by Crippen LogP contribution is 2.55. The molecule has 0 aromatic carbocycles. The molecule has 0 unspecified atom stereocenters. The van der Waals surface area contributed by atoms with Crippen molar-refractivity contribution in [2.45, 2.75) is 23.5 Å². The third kappa shape index (κ3) is 2.50. The zero-order valence-electron chi connectivity index (χ0n) is 9.86. The summed E-state index contributed by atoms with van der Waals surface area (Å²) in [6.07, 6.45) is 13.7. The molecule has 0 saturated heterocycles. The molecule has 1 aliphatic rings. The van der Waals surface area contributed by atoms with Crippen LogP contribution in [0.3, 0.4) is 0 Å². The fourth-order valence-corrected chi connectivity index (χ4v) is 3.38. The SMILES string of the molecule is CSC1(c2cn(CS(C)(C)C)nn2)CC1. The van der Waals surface area contributed by atoms with E-state index in [2.05, 4.69) is 41.5 Å². The lowest BCUT2D eigenvalue weighted by Crippen LogP contribution is -2.06. The summed E-state index contributed by atoms with van der Waals surface area (Å²) in [4.78, 5) is 0. The van der Waals surface area contributed by atoms with Gasteiger partial charge in [-0.2, -0.15) is 11.8 Å². The molecule has 1 saturated carbocycles. The normalized spacial score (nSPS) is 20.3. The van der Waals surface area contributed by atoms with E-state index >= 15 is 0 Å². The standard InChI is InChI=1S/C10H19N3S2/c1-14-10(5-6-10)9-7-13(12-11-9)8-15(2,3)4/h7H,5-6,8H2,1-4H3. The minimum atomic E-state index is -0.542. The van der Waals surface area contributed by atoms with Crippen LogP contribution in [0.1, 0.15) is 18.5 Å². The van der Waals surface area contributed by atoms with Crippen LogP contribution in [0.5, 0.6) is 0 Å². The summed E-state index contributed by atoms with van der Waals surface area (Å²) in [5, 5.41) is 8.54. The molecule has 1 aromatic heterocycles. The average molecular weight is 245 g/mol. The third-order valence-corrected chi connectivity index (χ3v) is 5.06. The Hall–Kier alpha value is -0.160. The lowest BCUT2D eigenvalue weighted by molar-refractivity contribution is 0.696. The molecule has 1 heterocycles. The number of rotatable bonds is 4. The minimum Gasteiger partial charge on any atom is -0.244 e. The zero-order valence-corrected chi connectivity index (χ0v) is 11.5. The number of aromatic nitrogens is 3. The van der Waals surface area contributed by atoms with Gasteiger partial charge in [0.25, 0.3) is 0 Å². The lowest BCUT2D eigenvalue weighted by Gasteiger charge is -2.24. The Kier molecular flexibility index (Phi) is 2.79.